The summed E-state index contributed by atoms with van der Waals surface area (Å²) in [6.07, 6.45) is 0. The van der Waals surface area contributed by atoms with E-state index in [0.29, 0.717) is 18.7 Å². The molecule has 0 heterocycles. The quantitative estimate of drug-likeness (QED) is 0.667. The van der Waals surface area contributed by atoms with Crippen molar-refractivity contribution in [3.63, 3.8) is 0 Å². The molecule has 2 rings (SSSR count). The van der Waals surface area contributed by atoms with Crippen molar-refractivity contribution in [3.8, 4) is 5.75 Å². The minimum atomic E-state index is -3.53. The normalized spacial score (nSPS) is 12.6. The maximum absolute atomic E-state index is 12.5. The molecule has 152 valence electrons. The molecule has 2 N–H and O–H groups in total. The number of nitrogens with one attached hydrogen (secondary N) is 2. The molecule has 0 saturated heterocycles. The third-order valence-corrected chi connectivity index (χ3v) is 5.90. The fourth-order valence-electron chi connectivity index (χ4n) is 2.77. The monoisotopic (exact) mass is 405 g/mol. The average molecular weight is 406 g/mol. The number of amides is 1. The molecule has 0 aromatic heterocycles. The number of carbonyl (C=O) groups excluding carboxylic acids is 1. The van der Waals surface area contributed by atoms with Gasteiger partial charge in [0.05, 0.1) is 18.0 Å². The van der Waals surface area contributed by atoms with E-state index in [-0.39, 0.29) is 16.8 Å². The molecule has 8 heteroatoms. The van der Waals surface area contributed by atoms with E-state index >= 15 is 0 Å². The molecule has 0 aliphatic rings. The maximum atomic E-state index is 12.5. The zero-order chi connectivity index (χ0) is 20.7. The highest BCUT2D eigenvalue weighted by Gasteiger charge is 2.17. The molecular formula is C20H27N3O4S. The van der Waals surface area contributed by atoms with E-state index in [1.165, 1.54) is 24.3 Å². The van der Waals surface area contributed by atoms with Crippen LogP contribution in [0.25, 0.3) is 0 Å². The Morgan fingerprint density at radius 2 is 1.68 bits per heavy atom. The van der Waals surface area contributed by atoms with Crippen molar-refractivity contribution in [1.29, 1.82) is 0 Å². The predicted molar refractivity (Wildman–Crippen MR) is 109 cm³/mol. The molecule has 2 aromatic rings. The van der Waals surface area contributed by atoms with E-state index in [4.69, 9.17) is 4.74 Å². The first kappa shape index (κ1) is 21.9. The summed E-state index contributed by atoms with van der Waals surface area (Å²) in [5.74, 6) is 0.519. The summed E-state index contributed by atoms with van der Waals surface area (Å²) < 4.78 is 31.6. The van der Waals surface area contributed by atoms with Crippen LogP contribution in [0.5, 0.6) is 5.75 Å². The van der Waals surface area contributed by atoms with Crippen LogP contribution in [0.2, 0.25) is 0 Å². The lowest BCUT2D eigenvalue weighted by Gasteiger charge is -2.25. The highest BCUT2D eigenvalue weighted by molar-refractivity contribution is 7.89. The molecular weight excluding hydrogens is 378 g/mol. The Morgan fingerprint density at radius 1 is 1.07 bits per heavy atom. The van der Waals surface area contributed by atoms with Crippen LogP contribution in [0, 0.1) is 0 Å². The summed E-state index contributed by atoms with van der Waals surface area (Å²) in [4.78, 5) is 14.6. The van der Waals surface area contributed by atoms with Crippen LogP contribution in [-0.2, 0) is 10.0 Å². The van der Waals surface area contributed by atoms with Gasteiger partial charge in [0.25, 0.3) is 5.91 Å². The van der Waals surface area contributed by atoms with Crippen LogP contribution >= 0.6 is 0 Å². The number of sulfonamides is 1. The Balaban J connectivity index is 2.06. The van der Waals surface area contributed by atoms with Crippen molar-refractivity contribution in [1.82, 2.24) is 14.9 Å². The zero-order valence-electron chi connectivity index (χ0n) is 16.6. The number of likely N-dealkylation sites (N-methyl/N-ethyl adjacent to an activating group) is 1. The van der Waals surface area contributed by atoms with Gasteiger partial charge in [0.2, 0.25) is 10.0 Å². The first-order chi connectivity index (χ1) is 13.3. The van der Waals surface area contributed by atoms with Gasteiger partial charge in [-0.15, -0.1) is 0 Å². The van der Waals surface area contributed by atoms with Crippen LogP contribution in [-0.4, -0.2) is 53.5 Å². The molecule has 0 aliphatic heterocycles. The fourth-order valence-corrected chi connectivity index (χ4v) is 3.82. The van der Waals surface area contributed by atoms with Crippen LogP contribution in [0.3, 0.4) is 0 Å². The number of carbonyl (C=O) groups is 1. The van der Waals surface area contributed by atoms with Crippen molar-refractivity contribution in [3.05, 3.63) is 59.7 Å². The lowest BCUT2D eigenvalue weighted by molar-refractivity contribution is 0.0942. The van der Waals surface area contributed by atoms with Gasteiger partial charge in [-0.1, -0.05) is 19.1 Å². The van der Waals surface area contributed by atoms with E-state index in [9.17, 15) is 13.2 Å². The second-order valence-corrected chi connectivity index (χ2v) is 8.26. The molecule has 1 amide bonds. The summed E-state index contributed by atoms with van der Waals surface area (Å²) in [6, 6.07) is 13.6. The standard InChI is InChI=1S/C20H27N3O4S/c1-5-22-28(25,26)18-12-8-16(9-13-18)20(24)21-14-19(23(2)3)15-6-10-17(27-4)11-7-15/h6-13,19,22H,5,14H2,1-4H3,(H,21,24). The van der Waals surface area contributed by atoms with Crippen molar-refractivity contribution >= 4 is 15.9 Å². The Bertz CT molecular complexity index is 879. The lowest BCUT2D eigenvalue weighted by Crippen LogP contribution is -2.34. The Morgan fingerprint density at radius 3 is 2.18 bits per heavy atom. The van der Waals surface area contributed by atoms with Crippen LogP contribution < -0.4 is 14.8 Å². The van der Waals surface area contributed by atoms with Gasteiger partial charge in [-0.25, -0.2) is 13.1 Å². The average Bonchev–Trinajstić information content (AvgIpc) is 2.68. The van der Waals surface area contributed by atoms with Gasteiger partial charge in [0.1, 0.15) is 5.75 Å². The molecule has 7 nitrogen and oxygen atoms in total. The van der Waals surface area contributed by atoms with Crippen LogP contribution in [0.4, 0.5) is 0 Å². The number of methoxy groups -OCH3 is 1. The van der Waals surface area contributed by atoms with Crippen molar-refractivity contribution in [2.75, 3.05) is 34.3 Å². The topological polar surface area (TPSA) is 87.7 Å². The van der Waals surface area contributed by atoms with Crippen molar-refractivity contribution in [2.45, 2.75) is 17.9 Å². The SMILES string of the molecule is CCNS(=O)(=O)c1ccc(C(=O)NCC(c2ccc(OC)cc2)N(C)C)cc1. The number of nitrogens with zero attached hydrogens (tertiary/aromatic N) is 1. The summed E-state index contributed by atoms with van der Waals surface area (Å²) in [7, 11) is 1.98. The first-order valence-electron chi connectivity index (χ1n) is 8.96. The second kappa shape index (κ2) is 9.68. The van der Waals surface area contributed by atoms with Gasteiger partial charge < -0.3 is 15.0 Å². The number of rotatable bonds is 9. The van der Waals surface area contributed by atoms with Gasteiger partial charge in [0.15, 0.2) is 0 Å². The molecule has 0 aliphatic carbocycles. The molecule has 1 atom stereocenters. The Hall–Kier alpha value is -2.42. The zero-order valence-corrected chi connectivity index (χ0v) is 17.4. The molecule has 0 saturated carbocycles. The number of hydrogen-bond acceptors (Lipinski definition) is 5. The third-order valence-electron chi connectivity index (χ3n) is 4.34. The minimum Gasteiger partial charge on any atom is -0.497 e. The summed E-state index contributed by atoms with van der Waals surface area (Å²) in [5, 5.41) is 2.91. The Kier molecular flexibility index (Phi) is 7.56. The molecule has 0 bridgehead atoms. The highest BCUT2D eigenvalue weighted by Crippen LogP contribution is 2.21. The molecule has 28 heavy (non-hydrogen) atoms. The van der Waals surface area contributed by atoms with Gasteiger partial charge in [0, 0.05) is 18.7 Å². The summed E-state index contributed by atoms with van der Waals surface area (Å²) >= 11 is 0. The van der Waals surface area contributed by atoms with Gasteiger partial charge in [-0.05, 0) is 56.1 Å². The fraction of sp³-hybridized carbons (Fsp3) is 0.350. The van der Waals surface area contributed by atoms with E-state index in [0.717, 1.165) is 11.3 Å². The van der Waals surface area contributed by atoms with Crippen LogP contribution in [0.1, 0.15) is 28.9 Å². The molecule has 2 aromatic carbocycles. The maximum Gasteiger partial charge on any atom is 0.251 e. The summed E-state index contributed by atoms with van der Waals surface area (Å²) in [5.41, 5.74) is 1.46. The summed E-state index contributed by atoms with van der Waals surface area (Å²) in [6.45, 7) is 2.43. The number of benzene rings is 2. The minimum absolute atomic E-state index is 0.0109. The van der Waals surface area contributed by atoms with Gasteiger partial charge >= 0.3 is 0 Å². The van der Waals surface area contributed by atoms with E-state index in [2.05, 4.69) is 10.0 Å². The molecule has 0 spiro atoms. The van der Waals surface area contributed by atoms with Crippen molar-refractivity contribution < 1.29 is 17.9 Å². The Labute approximate surface area is 166 Å². The lowest BCUT2D eigenvalue weighted by atomic mass is 10.1. The smallest absolute Gasteiger partial charge is 0.251 e. The van der Waals surface area contributed by atoms with E-state index in [1.807, 2.05) is 43.3 Å². The van der Waals surface area contributed by atoms with Gasteiger partial charge in [-0.3, -0.25) is 4.79 Å². The third kappa shape index (κ3) is 5.54. The van der Waals surface area contributed by atoms with E-state index in [1.54, 1.807) is 14.0 Å². The molecule has 0 fully saturated rings. The van der Waals surface area contributed by atoms with Crippen molar-refractivity contribution in [2.24, 2.45) is 0 Å². The largest absolute Gasteiger partial charge is 0.497 e. The predicted octanol–water partition coefficient (Wildman–Crippen LogP) is 2.03. The van der Waals surface area contributed by atoms with Crippen LogP contribution in [0.15, 0.2) is 53.4 Å². The molecule has 1 unspecified atom stereocenters. The first-order valence-corrected chi connectivity index (χ1v) is 10.4. The second-order valence-electron chi connectivity index (χ2n) is 6.49. The van der Waals surface area contributed by atoms with Gasteiger partial charge in [-0.2, -0.15) is 0 Å². The number of ether oxygens (including phenoxy) is 1. The molecule has 0 radical (unpaired) electrons. The van der Waals surface area contributed by atoms with E-state index < -0.39 is 10.0 Å². The number of hydrogen-bond donors (Lipinski definition) is 2. The highest BCUT2D eigenvalue weighted by atomic mass is 32.2.